The van der Waals surface area contributed by atoms with Gasteiger partial charge in [0, 0.05) is 11.5 Å². The molecule has 2 rings (SSSR count). The van der Waals surface area contributed by atoms with Gasteiger partial charge < -0.3 is 9.47 Å². The second-order valence-electron chi connectivity index (χ2n) is 4.92. The monoisotopic (exact) mass is 263 g/mol. The Labute approximate surface area is 110 Å². The average molecular weight is 263 g/mol. The quantitative estimate of drug-likeness (QED) is 0.777. The molecule has 6 nitrogen and oxygen atoms in total. The van der Waals surface area contributed by atoms with Crippen LogP contribution in [0.25, 0.3) is 10.9 Å². The third-order valence-corrected chi connectivity index (χ3v) is 2.22. The van der Waals surface area contributed by atoms with E-state index < -0.39 is 11.8 Å². The van der Waals surface area contributed by atoms with Crippen molar-refractivity contribution in [2.45, 2.75) is 26.4 Å². The van der Waals surface area contributed by atoms with Crippen LogP contribution in [-0.2, 0) is 4.74 Å². The normalized spacial score (nSPS) is 11.4. The van der Waals surface area contributed by atoms with Crippen LogP contribution in [0.15, 0.2) is 18.2 Å². The van der Waals surface area contributed by atoms with Gasteiger partial charge in [0.1, 0.15) is 23.1 Å². The van der Waals surface area contributed by atoms with Crippen molar-refractivity contribution < 1.29 is 19.1 Å². The number of hydrogen-bond acceptors (Lipinski definition) is 5. The molecular formula is C13H15N2O4. The van der Waals surface area contributed by atoms with Gasteiger partial charge in [0.2, 0.25) is 0 Å². The molecule has 0 spiro atoms. The summed E-state index contributed by atoms with van der Waals surface area (Å²) in [6, 6.07) is 5.25. The fourth-order valence-corrected chi connectivity index (χ4v) is 1.45. The maximum absolute atomic E-state index is 11.6. The van der Waals surface area contributed by atoms with Gasteiger partial charge in [-0.25, -0.2) is 4.79 Å². The molecule has 19 heavy (non-hydrogen) atoms. The van der Waals surface area contributed by atoms with E-state index in [0.717, 1.165) is 4.85 Å². The highest BCUT2D eigenvalue weighted by Crippen LogP contribution is 2.19. The van der Waals surface area contributed by atoms with E-state index >= 15 is 0 Å². The van der Waals surface area contributed by atoms with E-state index in [1.165, 1.54) is 0 Å². The number of nitrogens with zero attached hydrogens (tertiary/aromatic N) is 2. The molecule has 2 aromatic rings. The molecule has 0 amide bonds. The Morgan fingerprint density at radius 2 is 2.11 bits per heavy atom. The number of ether oxygens (including phenoxy) is 2. The molecule has 0 fully saturated rings. The zero-order valence-corrected chi connectivity index (χ0v) is 11.3. The van der Waals surface area contributed by atoms with Crippen LogP contribution < -0.4 is 9.57 Å². The number of aromatic nitrogens is 2. The highest BCUT2D eigenvalue weighted by Gasteiger charge is 2.19. The predicted octanol–water partition coefficient (Wildman–Crippen LogP) is 2.21. The summed E-state index contributed by atoms with van der Waals surface area (Å²) in [5.41, 5.74) is -0.0493. The fourth-order valence-electron chi connectivity index (χ4n) is 1.45. The van der Waals surface area contributed by atoms with Crippen LogP contribution in [0, 0.1) is 6.20 Å². The first kappa shape index (κ1) is 13.2. The first-order valence-corrected chi connectivity index (χ1v) is 5.75. The molecule has 0 aliphatic carbocycles. The number of fused-ring (bicyclic) bond motifs is 1. The Kier molecular flexibility index (Phi) is 3.33. The van der Waals surface area contributed by atoms with Crippen molar-refractivity contribution in [3.05, 3.63) is 24.4 Å². The molecule has 0 bridgehead atoms. The van der Waals surface area contributed by atoms with E-state index in [1.807, 2.05) is 0 Å². The van der Waals surface area contributed by atoms with E-state index in [0.29, 0.717) is 16.7 Å². The summed E-state index contributed by atoms with van der Waals surface area (Å²) in [4.78, 5) is 17.6. The number of hydrogen-bond donors (Lipinski definition) is 0. The molecule has 101 valence electrons. The van der Waals surface area contributed by atoms with E-state index in [9.17, 15) is 4.79 Å². The summed E-state index contributed by atoms with van der Waals surface area (Å²) in [6.45, 7) is 5.26. The molecule has 0 aliphatic heterocycles. The maximum atomic E-state index is 11.6. The Hall–Kier alpha value is -2.24. The lowest BCUT2D eigenvalue weighted by Gasteiger charge is -2.18. The van der Waals surface area contributed by atoms with Crippen LogP contribution in [0.1, 0.15) is 20.8 Å². The highest BCUT2D eigenvalue weighted by molar-refractivity contribution is 5.79. The number of benzene rings is 1. The number of carbonyl (C=O) groups is 1. The van der Waals surface area contributed by atoms with Gasteiger partial charge in [-0.2, -0.15) is 0 Å². The second kappa shape index (κ2) is 4.79. The van der Waals surface area contributed by atoms with Crippen molar-refractivity contribution in [2.75, 3.05) is 7.11 Å². The Morgan fingerprint density at radius 1 is 1.37 bits per heavy atom. The minimum absolute atomic E-state index is 0.574. The summed E-state index contributed by atoms with van der Waals surface area (Å²) in [5.74, 6) is 0.635. The van der Waals surface area contributed by atoms with Gasteiger partial charge in [0.15, 0.2) is 0 Å². The maximum Gasteiger partial charge on any atom is 0.535 e. The first-order chi connectivity index (χ1) is 8.89. The zero-order chi connectivity index (χ0) is 14.0. The Balaban J connectivity index is 2.23. The largest absolute Gasteiger partial charge is 0.535 e. The number of carbonyl (C=O) groups excluding carboxylic acids is 1. The highest BCUT2D eigenvalue weighted by atomic mass is 16.8. The summed E-state index contributed by atoms with van der Waals surface area (Å²) in [7, 11) is 1.56. The Bertz CT molecular complexity index is 598. The third kappa shape index (κ3) is 3.15. The van der Waals surface area contributed by atoms with E-state index in [4.69, 9.17) is 14.3 Å². The van der Waals surface area contributed by atoms with Gasteiger partial charge in [-0.3, -0.25) is 4.84 Å². The van der Waals surface area contributed by atoms with Gasteiger partial charge in [-0.15, -0.1) is 5.10 Å². The summed E-state index contributed by atoms with van der Waals surface area (Å²) < 4.78 is 10.2. The fraction of sp³-hybridized carbons (Fsp3) is 0.385. The van der Waals surface area contributed by atoms with Crippen molar-refractivity contribution in [1.82, 2.24) is 9.94 Å². The minimum atomic E-state index is -0.825. The molecule has 1 aromatic heterocycles. The van der Waals surface area contributed by atoms with Crippen molar-refractivity contribution >= 4 is 17.1 Å². The van der Waals surface area contributed by atoms with E-state index in [2.05, 4.69) is 11.3 Å². The summed E-state index contributed by atoms with van der Waals surface area (Å²) >= 11 is 0. The lowest BCUT2D eigenvalue weighted by atomic mass is 10.2. The lowest BCUT2D eigenvalue weighted by molar-refractivity contribution is -0.0148. The molecule has 1 radical (unpaired) electrons. The molecule has 0 atom stereocenters. The molecular weight excluding hydrogens is 248 g/mol. The molecule has 1 aromatic carbocycles. The molecule has 6 heteroatoms. The predicted molar refractivity (Wildman–Crippen MR) is 67.9 cm³/mol. The van der Waals surface area contributed by atoms with Crippen LogP contribution in [0.2, 0.25) is 0 Å². The van der Waals surface area contributed by atoms with Gasteiger partial charge in [-0.05, 0) is 32.9 Å². The molecule has 0 saturated heterocycles. The van der Waals surface area contributed by atoms with Crippen LogP contribution in [0.3, 0.4) is 0 Å². The Morgan fingerprint density at radius 3 is 2.74 bits per heavy atom. The molecule has 0 saturated carbocycles. The van der Waals surface area contributed by atoms with Gasteiger partial charge in [0.25, 0.3) is 0 Å². The van der Waals surface area contributed by atoms with Crippen molar-refractivity contribution in [1.29, 1.82) is 0 Å². The summed E-state index contributed by atoms with van der Waals surface area (Å²) in [6.07, 6.45) is 1.91. The SMILES string of the molecule is COc1ccc2[c]nn(OC(=O)OC(C)(C)C)c2c1. The second-order valence-corrected chi connectivity index (χ2v) is 4.92. The first-order valence-electron chi connectivity index (χ1n) is 5.75. The van der Waals surface area contributed by atoms with Gasteiger partial charge >= 0.3 is 6.16 Å². The standard InChI is InChI=1S/C13H15N2O4/c1-13(2,3)18-12(16)19-15-11-7-10(17-4)6-5-9(11)8-14-15/h5-7H,1-4H3. The van der Waals surface area contributed by atoms with Crippen molar-refractivity contribution in [3.63, 3.8) is 0 Å². The topological polar surface area (TPSA) is 62.6 Å². The average Bonchev–Trinajstić information content (AvgIpc) is 2.69. The van der Waals surface area contributed by atoms with Crippen LogP contribution in [0.5, 0.6) is 5.75 Å². The smallest absolute Gasteiger partial charge is 0.497 e. The molecule has 0 aliphatic rings. The van der Waals surface area contributed by atoms with Crippen molar-refractivity contribution in [3.8, 4) is 5.75 Å². The number of methoxy groups -OCH3 is 1. The number of rotatable bonds is 2. The van der Waals surface area contributed by atoms with Gasteiger partial charge in [0.05, 0.1) is 7.11 Å². The van der Waals surface area contributed by atoms with Crippen molar-refractivity contribution in [2.24, 2.45) is 0 Å². The van der Waals surface area contributed by atoms with Crippen LogP contribution >= 0.6 is 0 Å². The molecule has 0 N–H and O–H groups in total. The lowest BCUT2D eigenvalue weighted by Crippen LogP contribution is -2.30. The molecule has 1 heterocycles. The van der Waals surface area contributed by atoms with Crippen LogP contribution in [0.4, 0.5) is 4.79 Å². The van der Waals surface area contributed by atoms with E-state index in [1.54, 1.807) is 46.1 Å². The molecule has 0 unspecified atom stereocenters. The minimum Gasteiger partial charge on any atom is -0.497 e. The summed E-state index contributed by atoms with van der Waals surface area (Å²) in [5, 5.41) is 4.57. The van der Waals surface area contributed by atoms with Gasteiger partial charge in [-0.1, -0.05) is 4.85 Å². The van der Waals surface area contributed by atoms with E-state index in [-0.39, 0.29) is 0 Å². The zero-order valence-electron chi connectivity index (χ0n) is 11.3. The van der Waals surface area contributed by atoms with Crippen LogP contribution in [-0.4, -0.2) is 28.8 Å². The third-order valence-electron chi connectivity index (χ3n) is 2.22.